The van der Waals surface area contributed by atoms with Gasteiger partial charge >= 0.3 is 0 Å². The lowest BCUT2D eigenvalue weighted by molar-refractivity contribution is -0.123. The van der Waals surface area contributed by atoms with Crippen LogP contribution in [0, 0.1) is 11.3 Å². The second kappa shape index (κ2) is 5.55. The molecule has 2 aliphatic rings. The number of benzene rings is 1. The second-order valence-corrected chi connectivity index (χ2v) is 6.67. The van der Waals surface area contributed by atoms with Crippen molar-refractivity contribution in [2.45, 2.75) is 25.8 Å². The van der Waals surface area contributed by atoms with Crippen molar-refractivity contribution in [2.75, 3.05) is 13.1 Å². The minimum absolute atomic E-state index is 0.165. The van der Waals surface area contributed by atoms with Gasteiger partial charge in [-0.3, -0.25) is 4.79 Å². The van der Waals surface area contributed by atoms with Crippen molar-refractivity contribution in [1.82, 2.24) is 10.6 Å². The summed E-state index contributed by atoms with van der Waals surface area (Å²) in [5, 5.41) is 7.57. The van der Waals surface area contributed by atoms with Crippen molar-refractivity contribution >= 4 is 29.1 Å². The molecule has 1 aliphatic heterocycles. The van der Waals surface area contributed by atoms with Gasteiger partial charge in [-0.15, -0.1) is 0 Å². The molecule has 2 N–H and O–H groups in total. The van der Waals surface area contributed by atoms with Gasteiger partial charge in [0.05, 0.1) is 0 Å². The van der Waals surface area contributed by atoms with E-state index in [1.54, 1.807) is 12.1 Å². The van der Waals surface area contributed by atoms with E-state index in [0.29, 0.717) is 16.6 Å². The van der Waals surface area contributed by atoms with Gasteiger partial charge < -0.3 is 10.6 Å². The van der Waals surface area contributed by atoms with Crippen LogP contribution in [0.5, 0.6) is 0 Å². The lowest BCUT2D eigenvalue weighted by Gasteiger charge is -2.23. The van der Waals surface area contributed by atoms with Crippen LogP contribution in [0.2, 0.25) is 10.0 Å². The Bertz CT molecular complexity index is 527. The molecular formula is C15H18Cl2N2O. The average molecular weight is 313 g/mol. The average Bonchev–Trinajstić information content (AvgIpc) is 3.12. The summed E-state index contributed by atoms with van der Waals surface area (Å²) in [7, 11) is 0. The maximum Gasteiger partial charge on any atom is 0.223 e. The summed E-state index contributed by atoms with van der Waals surface area (Å²) >= 11 is 12.0. The summed E-state index contributed by atoms with van der Waals surface area (Å²) in [6, 6.07) is 5.36. The molecule has 1 aliphatic carbocycles. The van der Waals surface area contributed by atoms with Crippen LogP contribution in [-0.2, 0) is 11.3 Å². The molecule has 1 unspecified atom stereocenters. The topological polar surface area (TPSA) is 41.1 Å². The molecule has 1 heterocycles. The number of carbonyl (C=O) groups is 1. The third-order valence-electron chi connectivity index (χ3n) is 4.57. The fraction of sp³-hybridized carbons (Fsp3) is 0.533. The molecule has 1 atom stereocenters. The number of rotatable bonds is 3. The monoisotopic (exact) mass is 312 g/mol. The van der Waals surface area contributed by atoms with E-state index in [-0.39, 0.29) is 17.2 Å². The first-order chi connectivity index (χ1) is 9.61. The number of hydrogen-bond acceptors (Lipinski definition) is 2. The molecule has 3 nitrogen and oxygen atoms in total. The normalized spacial score (nSPS) is 23.6. The fourth-order valence-corrected chi connectivity index (χ4v) is 3.64. The number of piperidine rings is 1. The molecule has 0 bridgehead atoms. The highest BCUT2D eigenvalue weighted by Gasteiger charge is 2.57. The highest BCUT2D eigenvalue weighted by molar-refractivity contribution is 6.35. The SMILES string of the molecule is O=C(NCc1ccc(Cl)cc1Cl)C1CC12CCNCC2. The molecule has 1 saturated carbocycles. The first-order valence-electron chi connectivity index (χ1n) is 7.03. The van der Waals surface area contributed by atoms with Gasteiger partial charge in [-0.1, -0.05) is 29.3 Å². The predicted octanol–water partition coefficient (Wildman–Crippen LogP) is 3.00. The number of carbonyl (C=O) groups excluding carboxylic acids is 1. The molecule has 1 aromatic rings. The molecular weight excluding hydrogens is 295 g/mol. The molecule has 20 heavy (non-hydrogen) atoms. The molecule has 1 saturated heterocycles. The van der Waals surface area contributed by atoms with Crippen LogP contribution in [0.25, 0.3) is 0 Å². The van der Waals surface area contributed by atoms with Crippen LogP contribution in [-0.4, -0.2) is 19.0 Å². The number of nitrogens with one attached hydrogen (secondary N) is 2. The van der Waals surface area contributed by atoms with Crippen LogP contribution in [0.3, 0.4) is 0 Å². The van der Waals surface area contributed by atoms with Gasteiger partial charge in [-0.05, 0) is 55.5 Å². The van der Waals surface area contributed by atoms with Gasteiger partial charge in [-0.2, -0.15) is 0 Å². The first-order valence-corrected chi connectivity index (χ1v) is 7.79. The molecule has 1 spiro atoms. The van der Waals surface area contributed by atoms with E-state index in [9.17, 15) is 4.79 Å². The zero-order valence-corrected chi connectivity index (χ0v) is 12.7. The summed E-state index contributed by atoms with van der Waals surface area (Å²) in [5.74, 6) is 0.355. The van der Waals surface area contributed by atoms with Crippen molar-refractivity contribution in [3.05, 3.63) is 33.8 Å². The van der Waals surface area contributed by atoms with Crippen molar-refractivity contribution in [2.24, 2.45) is 11.3 Å². The van der Waals surface area contributed by atoms with Gasteiger partial charge in [0.25, 0.3) is 0 Å². The second-order valence-electron chi connectivity index (χ2n) is 5.82. The van der Waals surface area contributed by atoms with Crippen LogP contribution in [0.4, 0.5) is 0 Å². The van der Waals surface area contributed by atoms with Gasteiger partial charge in [-0.25, -0.2) is 0 Å². The van der Waals surface area contributed by atoms with E-state index in [1.165, 1.54) is 0 Å². The van der Waals surface area contributed by atoms with Crippen molar-refractivity contribution in [3.8, 4) is 0 Å². The third kappa shape index (κ3) is 2.80. The Morgan fingerprint density at radius 1 is 1.35 bits per heavy atom. The smallest absolute Gasteiger partial charge is 0.223 e. The van der Waals surface area contributed by atoms with E-state index in [4.69, 9.17) is 23.2 Å². The summed E-state index contributed by atoms with van der Waals surface area (Å²) < 4.78 is 0. The predicted molar refractivity (Wildman–Crippen MR) is 81.0 cm³/mol. The summed E-state index contributed by atoms with van der Waals surface area (Å²) in [6.07, 6.45) is 3.27. The van der Waals surface area contributed by atoms with E-state index < -0.39 is 0 Å². The first kappa shape index (κ1) is 14.2. The molecule has 1 amide bonds. The highest BCUT2D eigenvalue weighted by atomic mass is 35.5. The van der Waals surface area contributed by atoms with Gasteiger partial charge in [0.1, 0.15) is 0 Å². The minimum atomic E-state index is 0.165. The van der Waals surface area contributed by atoms with E-state index >= 15 is 0 Å². The Labute approximate surface area is 129 Å². The summed E-state index contributed by atoms with van der Waals surface area (Å²) in [4.78, 5) is 12.2. The largest absolute Gasteiger partial charge is 0.352 e. The summed E-state index contributed by atoms with van der Waals surface area (Å²) in [5.41, 5.74) is 1.18. The van der Waals surface area contributed by atoms with Crippen LogP contribution in [0.1, 0.15) is 24.8 Å². The molecule has 0 radical (unpaired) electrons. The van der Waals surface area contributed by atoms with Crippen molar-refractivity contribution in [1.29, 1.82) is 0 Å². The maximum absolute atomic E-state index is 12.2. The van der Waals surface area contributed by atoms with Gasteiger partial charge in [0.2, 0.25) is 5.91 Å². The van der Waals surface area contributed by atoms with E-state index in [1.807, 2.05) is 6.07 Å². The third-order valence-corrected chi connectivity index (χ3v) is 5.16. The number of hydrogen-bond donors (Lipinski definition) is 2. The van der Waals surface area contributed by atoms with Crippen molar-refractivity contribution in [3.63, 3.8) is 0 Å². The molecule has 1 aromatic carbocycles. The summed E-state index contributed by atoms with van der Waals surface area (Å²) in [6.45, 7) is 2.54. The molecule has 0 aromatic heterocycles. The molecule has 2 fully saturated rings. The lowest BCUT2D eigenvalue weighted by atomic mass is 9.92. The molecule has 3 rings (SSSR count). The lowest BCUT2D eigenvalue weighted by Crippen LogP contribution is -2.33. The highest BCUT2D eigenvalue weighted by Crippen LogP contribution is 2.58. The van der Waals surface area contributed by atoms with Gasteiger partial charge in [0, 0.05) is 22.5 Å². The zero-order valence-electron chi connectivity index (χ0n) is 11.2. The minimum Gasteiger partial charge on any atom is -0.352 e. The Morgan fingerprint density at radius 3 is 2.80 bits per heavy atom. The van der Waals surface area contributed by atoms with Gasteiger partial charge in [0.15, 0.2) is 0 Å². The van der Waals surface area contributed by atoms with E-state index in [0.717, 1.165) is 37.9 Å². The van der Waals surface area contributed by atoms with Crippen LogP contribution < -0.4 is 10.6 Å². The Morgan fingerprint density at radius 2 is 2.10 bits per heavy atom. The Balaban J connectivity index is 1.55. The van der Waals surface area contributed by atoms with Crippen LogP contribution >= 0.6 is 23.2 Å². The maximum atomic E-state index is 12.2. The van der Waals surface area contributed by atoms with E-state index in [2.05, 4.69) is 10.6 Å². The van der Waals surface area contributed by atoms with Crippen molar-refractivity contribution < 1.29 is 4.79 Å². The molecule has 108 valence electrons. The standard InChI is InChI=1S/C15H18Cl2N2O/c16-11-2-1-10(13(17)7-11)9-19-14(20)12-8-15(12)3-5-18-6-4-15/h1-2,7,12,18H,3-6,8-9H2,(H,19,20). The Hall–Kier alpha value is -0.770. The molecule has 5 heteroatoms. The Kier molecular flexibility index (Phi) is 3.93. The zero-order chi connectivity index (χ0) is 14.2. The fourth-order valence-electron chi connectivity index (χ4n) is 3.17. The quantitative estimate of drug-likeness (QED) is 0.901. The number of amides is 1. The number of halogens is 2. The van der Waals surface area contributed by atoms with Crippen LogP contribution in [0.15, 0.2) is 18.2 Å².